The highest BCUT2D eigenvalue weighted by molar-refractivity contribution is 6.06. The first kappa shape index (κ1) is 11.1. The summed E-state index contributed by atoms with van der Waals surface area (Å²) in [4.78, 5) is 28.3. The number of nitrogens with one attached hydrogen (secondary N) is 3. The molecule has 1 aromatic rings. The van der Waals surface area contributed by atoms with Crippen molar-refractivity contribution in [3.05, 3.63) is 41.1 Å². The highest BCUT2D eigenvalue weighted by atomic mass is 16.2. The quantitative estimate of drug-likeness (QED) is 0.627. The summed E-state index contributed by atoms with van der Waals surface area (Å²) in [5.41, 5.74) is 2.90. The number of carbonyl (C=O) groups is 1. The first-order valence-electron chi connectivity index (χ1n) is 5.01. The predicted octanol–water partition coefficient (Wildman–Crippen LogP) is -0.269. The van der Waals surface area contributed by atoms with Gasteiger partial charge in [0.15, 0.2) is 0 Å². The molecule has 7 heteroatoms. The van der Waals surface area contributed by atoms with Gasteiger partial charge in [-0.25, -0.2) is 20.0 Å². The number of rotatable bonds is 3. The van der Waals surface area contributed by atoms with Crippen LogP contribution < -0.4 is 16.4 Å². The van der Waals surface area contributed by atoms with Gasteiger partial charge in [0.05, 0.1) is 11.7 Å². The first-order chi connectivity index (χ1) is 8.20. The molecular weight excluding hydrogens is 222 g/mol. The smallest absolute Gasteiger partial charge is 0.328 e. The van der Waals surface area contributed by atoms with Gasteiger partial charge in [0.25, 0.3) is 0 Å². The van der Waals surface area contributed by atoms with Crippen LogP contribution in [0.2, 0.25) is 0 Å². The van der Waals surface area contributed by atoms with E-state index in [0.717, 1.165) is 0 Å². The zero-order chi connectivity index (χ0) is 12.3. The van der Waals surface area contributed by atoms with E-state index in [9.17, 15) is 9.59 Å². The van der Waals surface area contributed by atoms with Gasteiger partial charge in [-0.2, -0.15) is 5.10 Å². The lowest BCUT2D eigenvalue weighted by molar-refractivity contribution is 0.238. The number of carbonyl (C=O) groups excluding carboxylic acids is 1. The molecule has 17 heavy (non-hydrogen) atoms. The second-order valence-electron chi connectivity index (χ2n) is 3.45. The van der Waals surface area contributed by atoms with Crippen molar-refractivity contribution >= 4 is 11.7 Å². The van der Waals surface area contributed by atoms with Crippen LogP contribution in [0.15, 0.2) is 34.8 Å². The third-order valence-electron chi connectivity index (χ3n) is 2.27. The maximum absolute atomic E-state index is 11.1. The van der Waals surface area contributed by atoms with Crippen LogP contribution in [0, 0.1) is 0 Å². The molecule has 1 atom stereocenters. The van der Waals surface area contributed by atoms with E-state index >= 15 is 0 Å². The predicted molar refractivity (Wildman–Crippen MR) is 61.7 cm³/mol. The maximum Gasteiger partial charge on any atom is 0.345 e. The zero-order valence-corrected chi connectivity index (χ0v) is 8.93. The van der Waals surface area contributed by atoms with Gasteiger partial charge in [-0.15, -0.1) is 6.58 Å². The van der Waals surface area contributed by atoms with Crippen molar-refractivity contribution in [1.82, 2.24) is 20.7 Å². The number of aromatic amines is 1. The summed E-state index contributed by atoms with van der Waals surface area (Å²) in [7, 11) is 0. The fourth-order valence-electron chi connectivity index (χ4n) is 1.55. The number of nitrogens with zero attached hydrogens (tertiary/aromatic N) is 2. The van der Waals surface area contributed by atoms with Crippen molar-refractivity contribution < 1.29 is 4.79 Å². The lowest BCUT2D eigenvalue weighted by Gasteiger charge is -2.23. The molecule has 0 spiro atoms. The molecule has 0 aromatic carbocycles. The van der Waals surface area contributed by atoms with E-state index in [2.05, 4.69) is 32.4 Å². The minimum atomic E-state index is -0.459. The molecule has 7 nitrogen and oxygen atoms in total. The number of hydrogen-bond acceptors (Lipinski definition) is 4. The highest BCUT2D eigenvalue weighted by Gasteiger charge is 2.23. The third-order valence-corrected chi connectivity index (χ3v) is 2.27. The molecule has 0 fully saturated rings. The van der Waals surface area contributed by atoms with Crippen molar-refractivity contribution in [1.29, 1.82) is 0 Å². The molecule has 1 aliphatic heterocycles. The normalized spacial score (nSPS) is 18.9. The summed E-state index contributed by atoms with van der Waals surface area (Å²) in [5.74, 6) is 0. The van der Waals surface area contributed by atoms with Crippen LogP contribution in [-0.2, 0) is 0 Å². The van der Waals surface area contributed by atoms with Crippen LogP contribution in [0.25, 0.3) is 0 Å². The molecule has 2 heterocycles. The fraction of sp³-hybridized carbons (Fsp3) is 0.200. The van der Waals surface area contributed by atoms with Crippen LogP contribution in [0.3, 0.4) is 0 Å². The Morgan fingerprint density at radius 3 is 3.00 bits per heavy atom. The molecule has 88 valence electrons. The molecule has 1 aliphatic rings. The van der Waals surface area contributed by atoms with Gasteiger partial charge in [0.2, 0.25) is 0 Å². The second-order valence-corrected chi connectivity index (χ2v) is 3.45. The van der Waals surface area contributed by atoms with Gasteiger partial charge in [-0.1, -0.05) is 6.08 Å². The van der Waals surface area contributed by atoms with E-state index < -0.39 is 5.69 Å². The highest BCUT2D eigenvalue weighted by Crippen LogP contribution is 2.06. The minimum Gasteiger partial charge on any atom is -0.328 e. The fourth-order valence-corrected chi connectivity index (χ4v) is 1.55. The summed E-state index contributed by atoms with van der Waals surface area (Å²) >= 11 is 0. The van der Waals surface area contributed by atoms with E-state index in [0.29, 0.717) is 17.8 Å². The van der Waals surface area contributed by atoms with Crippen LogP contribution in [0.4, 0.5) is 4.79 Å². The lowest BCUT2D eigenvalue weighted by atomic mass is 10.0. The Kier molecular flexibility index (Phi) is 2.99. The van der Waals surface area contributed by atoms with Crippen molar-refractivity contribution in [2.24, 2.45) is 5.10 Å². The van der Waals surface area contributed by atoms with Gasteiger partial charge in [0.1, 0.15) is 5.71 Å². The number of hydrazone groups is 1. The molecule has 0 bridgehead atoms. The summed E-state index contributed by atoms with van der Waals surface area (Å²) in [6.07, 6.45) is 3.58. The van der Waals surface area contributed by atoms with E-state index in [-0.39, 0.29) is 12.1 Å². The number of aromatic nitrogens is 2. The molecule has 0 radical (unpaired) electrons. The van der Waals surface area contributed by atoms with Gasteiger partial charge >= 0.3 is 11.7 Å². The van der Waals surface area contributed by atoms with Crippen molar-refractivity contribution in [2.45, 2.75) is 12.5 Å². The monoisotopic (exact) mass is 233 g/mol. The largest absolute Gasteiger partial charge is 0.345 e. The van der Waals surface area contributed by atoms with Gasteiger partial charge < -0.3 is 10.3 Å². The topological polar surface area (TPSA) is 99.2 Å². The number of H-pyrrole nitrogens is 1. The number of amides is 2. The molecule has 1 unspecified atom stereocenters. The summed E-state index contributed by atoms with van der Waals surface area (Å²) < 4.78 is 0. The van der Waals surface area contributed by atoms with Gasteiger partial charge in [-0.05, 0) is 12.5 Å². The molecule has 2 amide bonds. The van der Waals surface area contributed by atoms with E-state index in [1.165, 1.54) is 6.20 Å². The average Bonchev–Trinajstić information content (AvgIpc) is 2.29. The SMILES string of the molecule is C=CCC1NC(=O)NN=C1c1ccnc(=O)[nH]1. The maximum atomic E-state index is 11.1. The van der Waals surface area contributed by atoms with E-state index in [4.69, 9.17) is 0 Å². The molecular formula is C10H11N5O2. The standard InChI is InChI=1S/C10H11N5O2/c1-2-3-6-8(14-15-10(17)13-6)7-4-5-11-9(16)12-7/h2,4-6H,1,3H2,(H,11,12,16)(H2,13,15,17). The molecule has 0 saturated heterocycles. The molecule has 0 saturated carbocycles. The Labute approximate surface area is 96.7 Å². The Morgan fingerprint density at radius 2 is 2.29 bits per heavy atom. The van der Waals surface area contributed by atoms with E-state index in [1.807, 2.05) is 0 Å². The van der Waals surface area contributed by atoms with Crippen molar-refractivity contribution in [3.63, 3.8) is 0 Å². The molecule has 3 N–H and O–H groups in total. The zero-order valence-electron chi connectivity index (χ0n) is 8.93. The Bertz CT molecular complexity index is 533. The average molecular weight is 233 g/mol. The third kappa shape index (κ3) is 2.39. The summed E-state index contributed by atoms with van der Waals surface area (Å²) in [5, 5.41) is 6.62. The first-order valence-corrected chi connectivity index (χ1v) is 5.01. The summed E-state index contributed by atoms with van der Waals surface area (Å²) in [6.45, 7) is 3.61. The van der Waals surface area contributed by atoms with Crippen LogP contribution in [0.1, 0.15) is 12.1 Å². The summed E-state index contributed by atoms with van der Waals surface area (Å²) in [6, 6.07) is 0.937. The van der Waals surface area contributed by atoms with Crippen molar-refractivity contribution in [2.75, 3.05) is 0 Å². The van der Waals surface area contributed by atoms with Crippen LogP contribution in [-0.4, -0.2) is 27.8 Å². The lowest BCUT2D eigenvalue weighted by Crippen LogP contribution is -2.50. The Balaban J connectivity index is 2.37. The number of hydrogen-bond donors (Lipinski definition) is 3. The number of urea groups is 1. The van der Waals surface area contributed by atoms with Gasteiger partial charge in [-0.3, -0.25) is 0 Å². The van der Waals surface area contributed by atoms with Crippen LogP contribution >= 0.6 is 0 Å². The minimum absolute atomic E-state index is 0.306. The van der Waals surface area contributed by atoms with Crippen molar-refractivity contribution in [3.8, 4) is 0 Å². The molecule has 2 rings (SSSR count). The molecule has 1 aromatic heterocycles. The molecule has 0 aliphatic carbocycles. The van der Waals surface area contributed by atoms with E-state index in [1.54, 1.807) is 12.1 Å². The second kappa shape index (κ2) is 4.60. The Hall–Kier alpha value is -2.44. The van der Waals surface area contributed by atoms with Crippen LogP contribution in [0.5, 0.6) is 0 Å². The Morgan fingerprint density at radius 1 is 1.47 bits per heavy atom. The van der Waals surface area contributed by atoms with Gasteiger partial charge in [0, 0.05) is 6.20 Å².